The second kappa shape index (κ2) is 7.36. The van der Waals surface area contributed by atoms with Crippen molar-refractivity contribution in [1.82, 2.24) is 4.90 Å². The van der Waals surface area contributed by atoms with Gasteiger partial charge in [0.1, 0.15) is 5.56 Å². The van der Waals surface area contributed by atoms with Gasteiger partial charge in [-0.05, 0) is 19.1 Å². The summed E-state index contributed by atoms with van der Waals surface area (Å²) in [4.78, 5) is 24.6. The summed E-state index contributed by atoms with van der Waals surface area (Å²) in [5, 5.41) is 20.2. The van der Waals surface area contributed by atoms with Gasteiger partial charge in [0.2, 0.25) is 0 Å². The van der Waals surface area contributed by atoms with Crippen LogP contribution in [0.1, 0.15) is 23.7 Å². The summed E-state index contributed by atoms with van der Waals surface area (Å²) in [6, 6.07) is 5.94. The SMILES string of the molecule is CCN(CCC#N)C(=O)Nc1cccc(Cl)c1C(=O)O. The van der Waals surface area contributed by atoms with Gasteiger partial charge in [0.25, 0.3) is 0 Å². The molecular formula is C13H14ClN3O3. The predicted molar refractivity (Wildman–Crippen MR) is 74.9 cm³/mol. The lowest BCUT2D eigenvalue weighted by atomic mass is 10.2. The number of halogens is 1. The van der Waals surface area contributed by atoms with Gasteiger partial charge in [0.05, 0.1) is 23.2 Å². The van der Waals surface area contributed by atoms with Crippen LogP contribution in [-0.2, 0) is 0 Å². The highest BCUT2D eigenvalue weighted by Crippen LogP contribution is 2.24. The molecule has 0 unspecified atom stereocenters. The molecule has 0 bridgehead atoms. The average molecular weight is 296 g/mol. The standard InChI is InChI=1S/C13H14ClN3O3/c1-2-17(8-4-7-15)13(20)16-10-6-3-5-9(14)11(10)12(18)19/h3,5-6H,2,4,8H2,1H3,(H,16,20)(H,18,19). The van der Waals surface area contributed by atoms with Crippen LogP contribution in [0.5, 0.6) is 0 Å². The minimum absolute atomic E-state index is 0.0513. The van der Waals surface area contributed by atoms with Gasteiger partial charge < -0.3 is 15.3 Å². The summed E-state index contributed by atoms with van der Waals surface area (Å²) in [5.41, 5.74) is -0.0238. The number of carbonyl (C=O) groups excluding carboxylic acids is 1. The van der Waals surface area contributed by atoms with E-state index in [9.17, 15) is 9.59 Å². The Labute approximate surface area is 121 Å². The number of nitrogens with one attached hydrogen (secondary N) is 1. The lowest BCUT2D eigenvalue weighted by Gasteiger charge is -2.20. The largest absolute Gasteiger partial charge is 0.478 e. The van der Waals surface area contributed by atoms with Crippen molar-refractivity contribution in [2.45, 2.75) is 13.3 Å². The first-order valence-corrected chi connectivity index (χ1v) is 6.33. The number of nitriles is 1. The normalized spacial score (nSPS) is 9.65. The molecule has 0 aromatic heterocycles. The molecule has 1 rings (SSSR count). The van der Waals surface area contributed by atoms with E-state index in [1.165, 1.54) is 17.0 Å². The zero-order valence-corrected chi connectivity index (χ0v) is 11.6. The molecule has 6 nitrogen and oxygen atoms in total. The summed E-state index contributed by atoms with van der Waals surface area (Å²) in [5.74, 6) is -1.22. The third-order valence-electron chi connectivity index (χ3n) is 2.63. The molecule has 0 radical (unpaired) electrons. The highest BCUT2D eigenvalue weighted by Gasteiger charge is 2.18. The van der Waals surface area contributed by atoms with E-state index in [1.54, 1.807) is 13.0 Å². The van der Waals surface area contributed by atoms with Gasteiger partial charge in [-0.2, -0.15) is 5.26 Å². The maximum atomic E-state index is 12.0. The van der Waals surface area contributed by atoms with Crippen molar-refractivity contribution < 1.29 is 14.7 Å². The molecule has 1 aromatic carbocycles. The van der Waals surface area contributed by atoms with E-state index in [4.69, 9.17) is 22.0 Å². The quantitative estimate of drug-likeness (QED) is 0.873. The molecule has 0 saturated heterocycles. The van der Waals surface area contributed by atoms with E-state index in [0.717, 1.165) is 0 Å². The van der Waals surface area contributed by atoms with Crippen molar-refractivity contribution in [3.8, 4) is 6.07 Å². The molecule has 0 heterocycles. The fraction of sp³-hybridized carbons (Fsp3) is 0.308. The van der Waals surface area contributed by atoms with Gasteiger partial charge in [-0.3, -0.25) is 0 Å². The number of carboxylic acid groups (broad SMARTS) is 1. The van der Waals surface area contributed by atoms with Crippen LogP contribution in [0.25, 0.3) is 0 Å². The number of hydrogen-bond acceptors (Lipinski definition) is 3. The smallest absolute Gasteiger partial charge is 0.339 e. The Hall–Kier alpha value is -2.26. The van der Waals surface area contributed by atoms with Crippen LogP contribution < -0.4 is 5.32 Å². The number of carboxylic acids is 1. The summed E-state index contributed by atoms with van der Waals surface area (Å²) in [6.45, 7) is 2.46. The van der Waals surface area contributed by atoms with E-state index < -0.39 is 12.0 Å². The Bertz CT molecular complexity index is 554. The van der Waals surface area contributed by atoms with Gasteiger partial charge in [0, 0.05) is 13.1 Å². The minimum Gasteiger partial charge on any atom is -0.478 e. The zero-order chi connectivity index (χ0) is 15.1. The predicted octanol–water partition coefficient (Wildman–Crippen LogP) is 2.81. The molecule has 20 heavy (non-hydrogen) atoms. The van der Waals surface area contributed by atoms with Crippen molar-refractivity contribution in [3.63, 3.8) is 0 Å². The summed E-state index contributed by atoms with van der Waals surface area (Å²) in [7, 11) is 0. The van der Waals surface area contributed by atoms with E-state index >= 15 is 0 Å². The maximum absolute atomic E-state index is 12.0. The summed E-state index contributed by atoms with van der Waals surface area (Å²) >= 11 is 5.82. The number of aromatic carboxylic acids is 1. The van der Waals surface area contributed by atoms with E-state index in [2.05, 4.69) is 5.32 Å². The molecule has 1 aromatic rings. The molecule has 2 N–H and O–H groups in total. The van der Waals surface area contributed by atoms with Crippen LogP contribution in [0.4, 0.5) is 10.5 Å². The maximum Gasteiger partial charge on any atom is 0.339 e. The van der Waals surface area contributed by atoms with Crippen LogP contribution in [0.15, 0.2) is 18.2 Å². The molecule has 7 heteroatoms. The number of carbonyl (C=O) groups is 2. The molecule has 0 aliphatic heterocycles. The fourth-order valence-electron chi connectivity index (χ4n) is 1.63. The van der Waals surface area contributed by atoms with Gasteiger partial charge in [-0.15, -0.1) is 0 Å². The van der Waals surface area contributed by atoms with Crippen LogP contribution in [0, 0.1) is 11.3 Å². The number of benzene rings is 1. The van der Waals surface area contributed by atoms with Crippen LogP contribution in [0.3, 0.4) is 0 Å². The number of hydrogen-bond donors (Lipinski definition) is 2. The molecule has 0 spiro atoms. The molecule has 0 fully saturated rings. The van der Waals surface area contributed by atoms with Gasteiger partial charge in [0.15, 0.2) is 0 Å². The van der Waals surface area contributed by atoms with Crippen LogP contribution >= 0.6 is 11.6 Å². The van der Waals surface area contributed by atoms with Gasteiger partial charge in [-0.1, -0.05) is 17.7 Å². The number of anilines is 1. The summed E-state index contributed by atoms with van der Waals surface area (Å²) < 4.78 is 0. The van der Waals surface area contributed by atoms with E-state index in [1.807, 2.05) is 6.07 Å². The lowest BCUT2D eigenvalue weighted by Crippen LogP contribution is -2.35. The van der Waals surface area contributed by atoms with Crippen molar-refractivity contribution in [1.29, 1.82) is 5.26 Å². The van der Waals surface area contributed by atoms with E-state index in [-0.39, 0.29) is 29.2 Å². The van der Waals surface area contributed by atoms with Gasteiger partial charge in [-0.25, -0.2) is 9.59 Å². The first-order valence-electron chi connectivity index (χ1n) is 5.96. The highest BCUT2D eigenvalue weighted by molar-refractivity contribution is 6.34. The molecule has 0 atom stereocenters. The van der Waals surface area contributed by atoms with Gasteiger partial charge >= 0.3 is 12.0 Å². The second-order valence-electron chi connectivity index (χ2n) is 3.89. The third kappa shape index (κ3) is 3.87. The first kappa shape index (κ1) is 15.8. The molecule has 0 saturated carbocycles. The highest BCUT2D eigenvalue weighted by atomic mass is 35.5. The minimum atomic E-state index is -1.22. The van der Waals surface area contributed by atoms with Crippen molar-refractivity contribution in [2.75, 3.05) is 18.4 Å². The number of urea groups is 1. The first-order chi connectivity index (χ1) is 9.51. The Morgan fingerprint density at radius 1 is 1.50 bits per heavy atom. The third-order valence-corrected chi connectivity index (χ3v) is 2.95. The summed E-state index contributed by atoms with van der Waals surface area (Å²) in [6.07, 6.45) is 0.211. The lowest BCUT2D eigenvalue weighted by molar-refractivity contribution is 0.0698. The molecule has 0 aliphatic rings. The Morgan fingerprint density at radius 3 is 2.75 bits per heavy atom. The van der Waals surface area contributed by atoms with E-state index in [0.29, 0.717) is 6.54 Å². The Balaban J connectivity index is 2.93. The van der Waals surface area contributed by atoms with Crippen molar-refractivity contribution in [2.24, 2.45) is 0 Å². The Morgan fingerprint density at radius 2 is 2.20 bits per heavy atom. The number of rotatable bonds is 5. The van der Waals surface area contributed by atoms with Crippen LogP contribution in [-0.4, -0.2) is 35.1 Å². The second-order valence-corrected chi connectivity index (χ2v) is 4.29. The van der Waals surface area contributed by atoms with Crippen molar-refractivity contribution >= 4 is 29.3 Å². The number of nitrogens with zero attached hydrogens (tertiary/aromatic N) is 2. The molecule has 106 valence electrons. The Kier molecular flexibility index (Phi) is 5.81. The zero-order valence-electron chi connectivity index (χ0n) is 10.9. The van der Waals surface area contributed by atoms with Crippen LogP contribution in [0.2, 0.25) is 5.02 Å². The molecular weight excluding hydrogens is 282 g/mol. The number of amides is 2. The average Bonchev–Trinajstić information content (AvgIpc) is 2.39. The topological polar surface area (TPSA) is 93.4 Å². The van der Waals surface area contributed by atoms with Crippen molar-refractivity contribution in [3.05, 3.63) is 28.8 Å². The molecule has 0 aliphatic carbocycles. The molecule has 2 amide bonds. The fourth-order valence-corrected chi connectivity index (χ4v) is 1.88. The monoisotopic (exact) mass is 295 g/mol.